The van der Waals surface area contributed by atoms with Crippen LogP contribution in [0.5, 0.6) is 0 Å². The molecule has 1 atom stereocenters. The molecule has 0 aromatic carbocycles. The topological polar surface area (TPSA) is 85.1 Å². The maximum atomic E-state index is 12.2. The standard InChI is InChI=1S/C15H16N6O/c22-15-13(5-10-6-17-9-18-14(10)20-15)11-7-19-21(8-11)12-1-3-16-4-2-12/h5-9,12-13,16H,1-4H2. The van der Waals surface area contributed by atoms with Crippen LogP contribution in [-0.4, -0.2) is 38.7 Å². The molecule has 112 valence electrons. The normalized spacial score (nSPS) is 21.8. The third-order valence-electron chi connectivity index (χ3n) is 4.21. The van der Waals surface area contributed by atoms with Gasteiger partial charge in [0.2, 0.25) is 0 Å². The van der Waals surface area contributed by atoms with Crippen molar-refractivity contribution in [2.24, 2.45) is 4.99 Å². The molecule has 7 heteroatoms. The molecule has 2 aromatic rings. The molecule has 1 fully saturated rings. The van der Waals surface area contributed by atoms with E-state index in [1.54, 1.807) is 12.4 Å². The lowest BCUT2D eigenvalue weighted by atomic mass is 9.99. The number of nitrogens with one attached hydrogen (secondary N) is 1. The Labute approximate surface area is 126 Å². The summed E-state index contributed by atoms with van der Waals surface area (Å²) >= 11 is 0. The van der Waals surface area contributed by atoms with Crippen LogP contribution in [0.1, 0.15) is 30.4 Å². The number of rotatable bonds is 2. The van der Waals surface area contributed by atoms with Crippen LogP contribution in [0.4, 0.5) is 0 Å². The molecular weight excluding hydrogens is 280 g/mol. The Balaban J connectivity index is 1.66. The number of nitrogens with zero attached hydrogens (tertiary/aromatic N) is 5. The lowest BCUT2D eigenvalue weighted by Crippen LogP contribution is -2.35. The van der Waals surface area contributed by atoms with Crippen molar-refractivity contribution in [2.75, 3.05) is 13.1 Å². The molecule has 0 bridgehead atoms. The van der Waals surface area contributed by atoms with E-state index in [4.69, 9.17) is 0 Å². The van der Waals surface area contributed by atoms with E-state index in [-0.39, 0.29) is 5.91 Å². The third-order valence-corrected chi connectivity index (χ3v) is 4.21. The van der Waals surface area contributed by atoms with Crippen molar-refractivity contribution in [3.05, 3.63) is 41.2 Å². The molecule has 22 heavy (non-hydrogen) atoms. The van der Waals surface area contributed by atoms with Crippen LogP contribution in [0.25, 0.3) is 6.08 Å². The molecular formula is C15H16N6O. The summed E-state index contributed by atoms with van der Waals surface area (Å²) in [4.78, 5) is 24.3. The van der Waals surface area contributed by atoms with Crippen molar-refractivity contribution < 1.29 is 4.79 Å². The highest BCUT2D eigenvalue weighted by atomic mass is 16.1. The first kappa shape index (κ1) is 13.3. The summed E-state index contributed by atoms with van der Waals surface area (Å²) in [6, 6.07) is 0.404. The number of carbonyl (C=O) groups is 1. The van der Waals surface area contributed by atoms with Crippen LogP contribution in [-0.2, 0) is 4.79 Å². The molecule has 2 aliphatic heterocycles. The summed E-state index contributed by atoms with van der Waals surface area (Å²) in [5, 5.41) is 8.58. The summed E-state index contributed by atoms with van der Waals surface area (Å²) in [7, 11) is 0. The molecule has 0 saturated carbocycles. The van der Waals surface area contributed by atoms with Crippen LogP contribution in [0.3, 0.4) is 0 Å². The zero-order valence-electron chi connectivity index (χ0n) is 12.0. The third kappa shape index (κ3) is 2.33. The summed E-state index contributed by atoms with van der Waals surface area (Å²) in [5.74, 6) is -0.593. The van der Waals surface area contributed by atoms with Crippen molar-refractivity contribution >= 4 is 12.0 Å². The van der Waals surface area contributed by atoms with Gasteiger partial charge in [0.25, 0.3) is 5.91 Å². The minimum absolute atomic E-state index is 0.198. The Morgan fingerprint density at radius 1 is 1.23 bits per heavy atom. The number of piperidine rings is 1. The average Bonchev–Trinajstić information content (AvgIpc) is 3.05. The Bertz CT molecular complexity index is 821. The van der Waals surface area contributed by atoms with Gasteiger partial charge in [-0.15, -0.1) is 0 Å². The number of hydrogen-bond acceptors (Lipinski definition) is 5. The molecule has 0 spiro atoms. The van der Waals surface area contributed by atoms with Crippen molar-refractivity contribution in [1.82, 2.24) is 25.1 Å². The minimum atomic E-state index is -0.394. The first-order valence-corrected chi connectivity index (χ1v) is 7.46. The SMILES string of the molecule is O=C1N=c2ncncc2=CC1c1cnn(C2CCNCC2)c1. The predicted octanol–water partition coefficient (Wildman–Crippen LogP) is -0.678. The maximum Gasteiger partial charge on any atom is 0.259 e. The van der Waals surface area contributed by atoms with E-state index in [2.05, 4.69) is 25.4 Å². The fourth-order valence-electron chi connectivity index (χ4n) is 2.99. The Morgan fingerprint density at radius 2 is 2.09 bits per heavy atom. The molecule has 1 amide bonds. The zero-order valence-corrected chi connectivity index (χ0v) is 12.0. The van der Waals surface area contributed by atoms with Crippen LogP contribution in [0.2, 0.25) is 0 Å². The summed E-state index contributed by atoms with van der Waals surface area (Å²) < 4.78 is 1.98. The first-order chi connectivity index (χ1) is 10.8. The highest BCUT2D eigenvalue weighted by molar-refractivity contribution is 5.91. The second-order valence-corrected chi connectivity index (χ2v) is 5.63. The van der Waals surface area contributed by atoms with E-state index in [1.165, 1.54) is 6.33 Å². The Hall–Kier alpha value is -2.41. The smallest absolute Gasteiger partial charge is 0.259 e. The molecule has 0 aliphatic carbocycles. The van der Waals surface area contributed by atoms with E-state index in [0.29, 0.717) is 11.5 Å². The van der Waals surface area contributed by atoms with Crippen molar-refractivity contribution in [3.63, 3.8) is 0 Å². The van der Waals surface area contributed by atoms with Crippen molar-refractivity contribution in [2.45, 2.75) is 24.8 Å². The van der Waals surface area contributed by atoms with Gasteiger partial charge < -0.3 is 5.32 Å². The van der Waals surface area contributed by atoms with E-state index in [1.807, 2.05) is 17.0 Å². The second-order valence-electron chi connectivity index (χ2n) is 5.63. The molecule has 1 saturated heterocycles. The second kappa shape index (κ2) is 5.42. The molecule has 2 aliphatic rings. The maximum absolute atomic E-state index is 12.2. The molecule has 1 unspecified atom stereocenters. The number of aromatic nitrogens is 4. The van der Waals surface area contributed by atoms with Gasteiger partial charge in [0.15, 0.2) is 5.49 Å². The molecule has 4 rings (SSSR count). The van der Waals surface area contributed by atoms with E-state index in [0.717, 1.165) is 36.7 Å². The van der Waals surface area contributed by atoms with Crippen molar-refractivity contribution in [1.29, 1.82) is 0 Å². The first-order valence-electron chi connectivity index (χ1n) is 7.46. The molecule has 1 N–H and O–H groups in total. The monoisotopic (exact) mass is 296 g/mol. The zero-order chi connectivity index (χ0) is 14.9. The van der Waals surface area contributed by atoms with E-state index >= 15 is 0 Å². The summed E-state index contributed by atoms with van der Waals surface area (Å²) in [6.45, 7) is 2.02. The quantitative estimate of drug-likeness (QED) is 0.794. The highest BCUT2D eigenvalue weighted by Gasteiger charge is 2.24. The minimum Gasteiger partial charge on any atom is -0.317 e. The summed E-state index contributed by atoms with van der Waals surface area (Å²) in [6.07, 6.45) is 10.8. The van der Waals surface area contributed by atoms with Gasteiger partial charge in [-0.3, -0.25) is 9.48 Å². The summed E-state index contributed by atoms with van der Waals surface area (Å²) in [5.41, 5.74) is 1.32. The number of fused-ring (bicyclic) bond motifs is 1. The fraction of sp³-hybridized carbons (Fsp3) is 0.400. The Morgan fingerprint density at radius 3 is 2.95 bits per heavy atom. The van der Waals surface area contributed by atoms with Gasteiger partial charge in [-0.05, 0) is 25.9 Å². The van der Waals surface area contributed by atoms with Gasteiger partial charge >= 0.3 is 0 Å². The van der Waals surface area contributed by atoms with Gasteiger partial charge in [-0.2, -0.15) is 10.1 Å². The average molecular weight is 296 g/mol. The van der Waals surface area contributed by atoms with E-state index in [9.17, 15) is 4.79 Å². The van der Waals surface area contributed by atoms with Gasteiger partial charge in [0.1, 0.15) is 6.33 Å². The lowest BCUT2D eigenvalue weighted by Gasteiger charge is -2.22. The fourth-order valence-corrected chi connectivity index (χ4v) is 2.99. The van der Waals surface area contributed by atoms with Gasteiger partial charge in [-0.25, -0.2) is 9.97 Å². The van der Waals surface area contributed by atoms with Gasteiger partial charge in [-0.1, -0.05) is 6.08 Å². The number of amides is 1. The number of carbonyl (C=O) groups excluding carboxylic acids is 1. The van der Waals surface area contributed by atoms with Crippen LogP contribution < -0.4 is 16.0 Å². The van der Waals surface area contributed by atoms with Crippen LogP contribution >= 0.6 is 0 Å². The highest BCUT2D eigenvalue weighted by Crippen LogP contribution is 2.23. The van der Waals surface area contributed by atoms with Crippen LogP contribution in [0, 0.1) is 0 Å². The van der Waals surface area contributed by atoms with E-state index < -0.39 is 5.92 Å². The molecule has 0 radical (unpaired) electrons. The van der Waals surface area contributed by atoms with Gasteiger partial charge in [0.05, 0.1) is 18.2 Å². The molecule has 7 nitrogen and oxygen atoms in total. The van der Waals surface area contributed by atoms with Crippen molar-refractivity contribution in [3.8, 4) is 0 Å². The van der Waals surface area contributed by atoms with Crippen LogP contribution in [0.15, 0.2) is 29.9 Å². The number of hydrogen-bond donors (Lipinski definition) is 1. The largest absolute Gasteiger partial charge is 0.317 e. The lowest BCUT2D eigenvalue weighted by molar-refractivity contribution is -0.118. The molecule has 2 aromatic heterocycles. The van der Waals surface area contributed by atoms with Gasteiger partial charge in [0, 0.05) is 23.2 Å². The molecule has 4 heterocycles. The Kier molecular flexibility index (Phi) is 3.27. The predicted molar refractivity (Wildman–Crippen MR) is 78.4 cm³/mol.